The van der Waals surface area contributed by atoms with E-state index in [-0.39, 0.29) is 0 Å². The smallest absolute Gasteiger partial charge is 0.150 e. The molecule has 1 heterocycles. The van der Waals surface area contributed by atoms with Crippen molar-refractivity contribution in [2.75, 3.05) is 30.9 Å². The molecule has 110 valence electrons. The topological polar surface area (TPSA) is 56.3 Å². The number of aromatic nitrogens is 2. The molecule has 0 aliphatic carbocycles. The van der Waals surface area contributed by atoms with E-state index < -0.39 is 0 Å². The Kier molecular flexibility index (Phi) is 5.66. The zero-order valence-electron chi connectivity index (χ0n) is 13.1. The van der Waals surface area contributed by atoms with Gasteiger partial charge in [-0.1, -0.05) is 20.8 Å². The number of hydrogen-bond acceptors (Lipinski definition) is 4. The van der Waals surface area contributed by atoms with E-state index in [1.54, 1.807) is 7.11 Å². The maximum atomic E-state index is 6.30. The third-order valence-corrected chi connectivity index (χ3v) is 3.56. The van der Waals surface area contributed by atoms with Crippen molar-refractivity contribution in [2.45, 2.75) is 46.1 Å². The summed E-state index contributed by atoms with van der Waals surface area (Å²) in [5.74, 6) is 1.34. The molecule has 0 fully saturated rings. The van der Waals surface area contributed by atoms with Crippen LogP contribution in [0.3, 0.4) is 0 Å². The van der Waals surface area contributed by atoms with Gasteiger partial charge in [0.15, 0.2) is 5.82 Å². The Bertz CT molecular complexity index is 400. The van der Waals surface area contributed by atoms with Gasteiger partial charge in [-0.15, -0.1) is 0 Å². The molecule has 0 aliphatic heterocycles. The first-order chi connectivity index (χ1) is 8.93. The summed E-state index contributed by atoms with van der Waals surface area (Å²) in [6.45, 7) is 10.1. The lowest BCUT2D eigenvalue weighted by atomic mass is 10.1. The first-order valence-electron chi connectivity index (χ1n) is 7.01. The summed E-state index contributed by atoms with van der Waals surface area (Å²) < 4.78 is 7.11. The Morgan fingerprint density at radius 3 is 2.42 bits per heavy atom. The van der Waals surface area contributed by atoms with E-state index in [9.17, 15) is 0 Å². The fourth-order valence-corrected chi connectivity index (χ4v) is 2.26. The number of ether oxygens (including phenoxy) is 1. The zero-order valence-corrected chi connectivity index (χ0v) is 13.1. The van der Waals surface area contributed by atoms with Crippen molar-refractivity contribution < 1.29 is 4.74 Å². The lowest BCUT2D eigenvalue weighted by Gasteiger charge is -2.30. The minimum Gasteiger partial charge on any atom is -0.394 e. The predicted octanol–water partition coefficient (Wildman–Crippen LogP) is 2.38. The second-order valence-electron chi connectivity index (χ2n) is 5.34. The normalized spacial score (nSPS) is 13.0. The van der Waals surface area contributed by atoms with E-state index in [4.69, 9.17) is 10.5 Å². The average molecular weight is 268 g/mol. The van der Waals surface area contributed by atoms with Crippen molar-refractivity contribution in [3.8, 4) is 0 Å². The van der Waals surface area contributed by atoms with Gasteiger partial charge in [-0.25, -0.2) is 0 Å². The highest BCUT2D eigenvalue weighted by Crippen LogP contribution is 2.32. The van der Waals surface area contributed by atoms with Crippen LogP contribution in [0.25, 0.3) is 0 Å². The van der Waals surface area contributed by atoms with Gasteiger partial charge in [-0.2, -0.15) is 5.10 Å². The van der Waals surface area contributed by atoms with Crippen LogP contribution in [0.5, 0.6) is 0 Å². The van der Waals surface area contributed by atoms with Crippen molar-refractivity contribution in [1.29, 1.82) is 0 Å². The SMILES string of the molecule is CCC(C)N(CCOC)c1c(N)c(C(C)C)nn1C. The molecule has 0 amide bonds. The monoisotopic (exact) mass is 268 g/mol. The lowest BCUT2D eigenvalue weighted by Crippen LogP contribution is -2.37. The van der Waals surface area contributed by atoms with Crippen molar-refractivity contribution in [2.24, 2.45) is 7.05 Å². The number of anilines is 2. The molecule has 1 unspecified atom stereocenters. The zero-order chi connectivity index (χ0) is 14.6. The first-order valence-corrected chi connectivity index (χ1v) is 7.01. The van der Waals surface area contributed by atoms with E-state index in [0.717, 1.165) is 30.2 Å². The van der Waals surface area contributed by atoms with Gasteiger partial charge in [0.05, 0.1) is 18.0 Å². The van der Waals surface area contributed by atoms with Crippen molar-refractivity contribution >= 4 is 11.5 Å². The van der Waals surface area contributed by atoms with Crippen LogP contribution in [0.1, 0.15) is 45.7 Å². The molecule has 0 spiro atoms. The Labute approximate surface area is 116 Å². The highest BCUT2D eigenvalue weighted by atomic mass is 16.5. The fraction of sp³-hybridized carbons (Fsp3) is 0.786. The second-order valence-corrected chi connectivity index (χ2v) is 5.34. The molecular formula is C14H28N4O. The number of rotatable bonds is 7. The molecule has 0 aliphatic rings. The van der Waals surface area contributed by atoms with Crippen LogP contribution in [-0.4, -0.2) is 36.1 Å². The molecule has 0 aromatic carbocycles. The molecule has 0 saturated carbocycles. The van der Waals surface area contributed by atoms with Gasteiger partial charge in [0.1, 0.15) is 0 Å². The largest absolute Gasteiger partial charge is 0.394 e. The standard InChI is InChI=1S/C14H28N4O/c1-7-11(4)18(8-9-19-6)14-12(15)13(10(2)3)16-17(14)5/h10-11H,7-9,15H2,1-6H3. The molecule has 2 N–H and O–H groups in total. The van der Waals surface area contributed by atoms with Crippen LogP contribution in [0.15, 0.2) is 0 Å². The van der Waals surface area contributed by atoms with Crippen LogP contribution in [0, 0.1) is 0 Å². The van der Waals surface area contributed by atoms with Gasteiger partial charge >= 0.3 is 0 Å². The summed E-state index contributed by atoms with van der Waals surface area (Å²) in [6.07, 6.45) is 1.06. The summed E-state index contributed by atoms with van der Waals surface area (Å²) in [5.41, 5.74) is 8.08. The fourth-order valence-electron chi connectivity index (χ4n) is 2.26. The second kappa shape index (κ2) is 6.80. The Balaban J connectivity index is 3.14. The summed E-state index contributed by atoms with van der Waals surface area (Å²) in [7, 11) is 3.68. The van der Waals surface area contributed by atoms with E-state index in [1.165, 1.54) is 0 Å². The number of nitrogen functional groups attached to an aromatic ring is 1. The maximum absolute atomic E-state index is 6.30. The molecule has 1 atom stereocenters. The molecule has 19 heavy (non-hydrogen) atoms. The first kappa shape index (κ1) is 15.8. The number of aryl methyl sites for hydroxylation is 1. The van der Waals surface area contributed by atoms with Crippen LogP contribution in [0.2, 0.25) is 0 Å². The van der Waals surface area contributed by atoms with Gasteiger partial charge < -0.3 is 15.4 Å². The van der Waals surface area contributed by atoms with E-state index in [0.29, 0.717) is 18.6 Å². The number of hydrogen-bond donors (Lipinski definition) is 1. The van der Waals surface area contributed by atoms with Crippen molar-refractivity contribution in [1.82, 2.24) is 9.78 Å². The number of nitrogens with zero attached hydrogens (tertiary/aromatic N) is 3. The molecule has 1 rings (SSSR count). The molecule has 5 nitrogen and oxygen atoms in total. The Morgan fingerprint density at radius 2 is 2.00 bits per heavy atom. The molecule has 0 radical (unpaired) electrons. The minimum atomic E-state index is 0.334. The van der Waals surface area contributed by atoms with Crippen LogP contribution < -0.4 is 10.6 Å². The van der Waals surface area contributed by atoms with Crippen LogP contribution in [-0.2, 0) is 11.8 Å². The molecule has 5 heteroatoms. The predicted molar refractivity (Wildman–Crippen MR) is 80.7 cm³/mol. The Hall–Kier alpha value is -1.23. The van der Waals surface area contributed by atoms with Gasteiger partial charge in [0, 0.05) is 26.7 Å². The van der Waals surface area contributed by atoms with E-state index >= 15 is 0 Å². The number of methoxy groups -OCH3 is 1. The molecule has 0 saturated heterocycles. The van der Waals surface area contributed by atoms with Gasteiger partial charge in [0.2, 0.25) is 0 Å². The van der Waals surface area contributed by atoms with Gasteiger partial charge in [-0.05, 0) is 19.3 Å². The van der Waals surface area contributed by atoms with Crippen LogP contribution >= 0.6 is 0 Å². The van der Waals surface area contributed by atoms with Crippen molar-refractivity contribution in [3.05, 3.63) is 5.69 Å². The third kappa shape index (κ3) is 3.41. The third-order valence-electron chi connectivity index (χ3n) is 3.56. The highest BCUT2D eigenvalue weighted by molar-refractivity contribution is 5.67. The van der Waals surface area contributed by atoms with Crippen LogP contribution in [0.4, 0.5) is 11.5 Å². The quantitative estimate of drug-likeness (QED) is 0.825. The maximum Gasteiger partial charge on any atom is 0.150 e. The molecular weight excluding hydrogens is 240 g/mol. The van der Waals surface area contributed by atoms with Crippen molar-refractivity contribution in [3.63, 3.8) is 0 Å². The summed E-state index contributed by atoms with van der Waals surface area (Å²) in [4.78, 5) is 2.29. The number of nitrogens with two attached hydrogens (primary N) is 1. The minimum absolute atomic E-state index is 0.334. The molecule has 1 aromatic rings. The summed E-state index contributed by atoms with van der Waals surface area (Å²) in [5, 5.41) is 4.56. The van der Waals surface area contributed by atoms with E-state index in [2.05, 4.69) is 37.7 Å². The molecule has 1 aromatic heterocycles. The lowest BCUT2D eigenvalue weighted by molar-refractivity contribution is 0.203. The Morgan fingerprint density at radius 1 is 1.37 bits per heavy atom. The average Bonchev–Trinajstić information content (AvgIpc) is 2.66. The highest BCUT2D eigenvalue weighted by Gasteiger charge is 2.23. The van der Waals surface area contributed by atoms with Gasteiger partial charge in [0.25, 0.3) is 0 Å². The molecule has 0 bridgehead atoms. The summed E-state index contributed by atoms with van der Waals surface area (Å²) >= 11 is 0. The van der Waals surface area contributed by atoms with E-state index in [1.807, 2.05) is 11.7 Å². The van der Waals surface area contributed by atoms with Gasteiger partial charge in [-0.3, -0.25) is 4.68 Å². The summed E-state index contributed by atoms with van der Waals surface area (Å²) in [6, 6.07) is 0.410.